The number of morpholine rings is 1. The first-order chi connectivity index (χ1) is 10.7. The van der Waals surface area contributed by atoms with E-state index in [9.17, 15) is 4.79 Å². The Hall–Kier alpha value is -1.59. The molecule has 0 saturated carbocycles. The lowest BCUT2D eigenvalue weighted by atomic mass is 10.2. The molecule has 2 rings (SSSR count). The van der Waals surface area contributed by atoms with Gasteiger partial charge in [0.25, 0.3) is 5.91 Å². The van der Waals surface area contributed by atoms with Gasteiger partial charge in [-0.05, 0) is 25.5 Å². The monoisotopic (exact) mass is 306 g/mol. The SMILES string of the molecule is CC[C@H](Oc1ccc(C)cc1)C(=O)NCCN1CCOCC1. The second-order valence-corrected chi connectivity index (χ2v) is 5.57. The molecule has 1 aromatic rings. The van der Waals surface area contributed by atoms with Crippen LogP contribution >= 0.6 is 0 Å². The zero-order valence-corrected chi connectivity index (χ0v) is 13.5. The molecule has 122 valence electrons. The van der Waals surface area contributed by atoms with Gasteiger partial charge in [0.2, 0.25) is 0 Å². The van der Waals surface area contributed by atoms with Crippen LogP contribution in [-0.2, 0) is 9.53 Å². The first-order valence-corrected chi connectivity index (χ1v) is 8.00. The van der Waals surface area contributed by atoms with Crippen molar-refractivity contribution in [3.63, 3.8) is 0 Å². The maximum atomic E-state index is 12.2. The van der Waals surface area contributed by atoms with Crippen molar-refractivity contribution >= 4 is 5.91 Å². The average Bonchev–Trinajstić information content (AvgIpc) is 2.55. The zero-order valence-electron chi connectivity index (χ0n) is 13.5. The van der Waals surface area contributed by atoms with Gasteiger partial charge in [-0.25, -0.2) is 0 Å². The third kappa shape index (κ3) is 5.31. The zero-order chi connectivity index (χ0) is 15.8. The molecule has 1 atom stereocenters. The van der Waals surface area contributed by atoms with Crippen molar-refractivity contribution in [3.8, 4) is 5.75 Å². The molecule has 1 aliphatic rings. The van der Waals surface area contributed by atoms with Gasteiger partial charge in [0.05, 0.1) is 13.2 Å². The molecule has 1 fully saturated rings. The Morgan fingerprint density at radius 1 is 1.32 bits per heavy atom. The van der Waals surface area contributed by atoms with E-state index >= 15 is 0 Å². The number of ether oxygens (including phenoxy) is 2. The van der Waals surface area contributed by atoms with Crippen LogP contribution in [0.15, 0.2) is 24.3 Å². The second kappa shape index (κ2) is 8.76. The molecule has 0 unspecified atom stereocenters. The Morgan fingerprint density at radius 3 is 2.64 bits per heavy atom. The summed E-state index contributed by atoms with van der Waals surface area (Å²) in [6.07, 6.45) is 0.212. The molecule has 1 saturated heterocycles. The lowest BCUT2D eigenvalue weighted by Crippen LogP contribution is -2.44. The molecule has 0 radical (unpaired) electrons. The Balaban J connectivity index is 1.74. The molecule has 1 aliphatic heterocycles. The van der Waals surface area contributed by atoms with Crippen molar-refractivity contribution in [2.45, 2.75) is 26.4 Å². The standard InChI is InChI=1S/C17H26N2O3/c1-3-16(22-15-6-4-14(2)5-7-15)17(20)18-8-9-19-10-12-21-13-11-19/h4-7,16H,3,8-13H2,1-2H3,(H,18,20)/t16-/m0/s1. The Labute approximate surface area is 132 Å². The third-order valence-electron chi connectivity index (χ3n) is 3.79. The Kier molecular flexibility index (Phi) is 6.68. The van der Waals surface area contributed by atoms with Gasteiger partial charge in [-0.3, -0.25) is 9.69 Å². The van der Waals surface area contributed by atoms with Crippen molar-refractivity contribution in [3.05, 3.63) is 29.8 Å². The number of carbonyl (C=O) groups excluding carboxylic acids is 1. The average molecular weight is 306 g/mol. The third-order valence-corrected chi connectivity index (χ3v) is 3.79. The number of hydrogen-bond donors (Lipinski definition) is 1. The molecule has 1 N–H and O–H groups in total. The molecule has 1 heterocycles. The normalized spacial score (nSPS) is 17.0. The molecule has 0 spiro atoms. The molecular formula is C17H26N2O3. The highest BCUT2D eigenvalue weighted by Gasteiger charge is 2.18. The summed E-state index contributed by atoms with van der Waals surface area (Å²) in [4.78, 5) is 14.5. The maximum Gasteiger partial charge on any atom is 0.261 e. The van der Waals surface area contributed by atoms with Crippen LogP contribution in [-0.4, -0.2) is 56.3 Å². The predicted octanol–water partition coefficient (Wildman–Crippen LogP) is 1.60. The molecule has 5 nitrogen and oxygen atoms in total. The van der Waals surface area contributed by atoms with E-state index in [1.54, 1.807) is 0 Å². The Bertz CT molecular complexity index is 455. The summed E-state index contributed by atoms with van der Waals surface area (Å²) >= 11 is 0. The highest BCUT2D eigenvalue weighted by molar-refractivity contribution is 5.81. The Morgan fingerprint density at radius 2 is 2.00 bits per heavy atom. The smallest absolute Gasteiger partial charge is 0.261 e. The highest BCUT2D eigenvalue weighted by atomic mass is 16.5. The quantitative estimate of drug-likeness (QED) is 0.831. The molecule has 0 bridgehead atoms. The first-order valence-electron chi connectivity index (χ1n) is 8.00. The fourth-order valence-corrected chi connectivity index (χ4v) is 2.38. The van der Waals surface area contributed by atoms with Gasteiger partial charge < -0.3 is 14.8 Å². The topological polar surface area (TPSA) is 50.8 Å². The molecule has 0 aromatic heterocycles. The lowest BCUT2D eigenvalue weighted by Gasteiger charge is -2.26. The fraction of sp³-hybridized carbons (Fsp3) is 0.588. The van der Waals surface area contributed by atoms with Crippen LogP contribution in [0, 0.1) is 6.92 Å². The van der Waals surface area contributed by atoms with Crippen molar-refractivity contribution in [2.75, 3.05) is 39.4 Å². The summed E-state index contributed by atoms with van der Waals surface area (Å²) in [6.45, 7) is 8.92. The summed E-state index contributed by atoms with van der Waals surface area (Å²) in [6, 6.07) is 7.77. The number of aryl methyl sites for hydroxylation is 1. The van der Waals surface area contributed by atoms with E-state index in [0.29, 0.717) is 13.0 Å². The minimum atomic E-state index is -0.438. The van der Waals surface area contributed by atoms with Crippen LogP contribution in [0.2, 0.25) is 0 Å². The predicted molar refractivity (Wildman–Crippen MR) is 86.2 cm³/mol. The van der Waals surface area contributed by atoms with Crippen LogP contribution in [0.4, 0.5) is 0 Å². The number of nitrogens with zero attached hydrogens (tertiary/aromatic N) is 1. The fourth-order valence-electron chi connectivity index (χ4n) is 2.38. The summed E-state index contributed by atoms with van der Waals surface area (Å²) < 4.78 is 11.1. The van der Waals surface area contributed by atoms with E-state index in [1.165, 1.54) is 5.56 Å². The lowest BCUT2D eigenvalue weighted by molar-refractivity contribution is -0.128. The number of nitrogens with one attached hydrogen (secondary N) is 1. The van der Waals surface area contributed by atoms with Gasteiger partial charge in [-0.15, -0.1) is 0 Å². The van der Waals surface area contributed by atoms with E-state index in [4.69, 9.17) is 9.47 Å². The van der Waals surface area contributed by atoms with Crippen LogP contribution in [0.3, 0.4) is 0 Å². The summed E-state index contributed by atoms with van der Waals surface area (Å²) in [5, 5.41) is 2.97. The summed E-state index contributed by atoms with van der Waals surface area (Å²) in [5.74, 6) is 0.692. The number of amides is 1. The number of hydrogen-bond acceptors (Lipinski definition) is 4. The van der Waals surface area contributed by atoms with Crippen LogP contribution in [0.5, 0.6) is 5.75 Å². The number of rotatable bonds is 7. The van der Waals surface area contributed by atoms with E-state index in [0.717, 1.165) is 38.6 Å². The van der Waals surface area contributed by atoms with Crippen LogP contribution < -0.4 is 10.1 Å². The van der Waals surface area contributed by atoms with Gasteiger partial charge in [0.15, 0.2) is 6.10 Å². The van der Waals surface area contributed by atoms with Gasteiger partial charge in [0.1, 0.15) is 5.75 Å². The van der Waals surface area contributed by atoms with Crippen LogP contribution in [0.25, 0.3) is 0 Å². The van der Waals surface area contributed by atoms with Gasteiger partial charge in [-0.2, -0.15) is 0 Å². The van der Waals surface area contributed by atoms with Gasteiger partial charge >= 0.3 is 0 Å². The number of benzene rings is 1. The molecule has 1 aromatic carbocycles. The molecule has 22 heavy (non-hydrogen) atoms. The van der Waals surface area contributed by atoms with Gasteiger partial charge in [0, 0.05) is 26.2 Å². The van der Waals surface area contributed by atoms with Crippen molar-refractivity contribution in [1.82, 2.24) is 10.2 Å². The van der Waals surface area contributed by atoms with E-state index in [-0.39, 0.29) is 5.91 Å². The molecule has 1 amide bonds. The first kappa shape index (κ1) is 16.8. The minimum Gasteiger partial charge on any atom is -0.481 e. The minimum absolute atomic E-state index is 0.0451. The second-order valence-electron chi connectivity index (χ2n) is 5.57. The number of carbonyl (C=O) groups is 1. The van der Waals surface area contributed by atoms with E-state index < -0.39 is 6.10 Å². The van der Waals surface area contributed by atoms with E-state index in [2.05, 4.69) is 10.2 Å². The molecule has 0 aliphatic carbocycles. The van der Waals surface area contributed by atoms with Crippen LogP contribution in [0.1, 0.15) is 18.9 Å². The summed E-state index contributed by atoms with van der Waals surface area (Å²) in [7, 11) is 0. The summed E-state index contributed by atoms with van der Waals surface area (Å²) in [5.41, 5.74) is 1.18. The van der Waals surface area contributed by atoms with Gasteiger partial charge in [-0.1, -0.05) is 24.6 Å². The maximum absolute atomic E-state index is 12.2. The largest absolute Gasteiger partial charge is 0.481 e. The highest BCUT2D eigenvalue weighted by Crippen LogP contribution is 2.14. The van der Waals surface area contributed by atoms with Crippen molar-refractivity contribution in [2.24, 2.45) is 0 Å². The van der Waals surface area contributed by atoms with Crippen molar-refractivity contribution in [1.29, 1.82) is 0 Å². The molecular weight excluding hydrogens is 280 g/mol. The van der Waals surface area contributed by atoms with E-state index in [1.807, 2.05) is 38.1 Å². The molecule has 5 heteroatoms. The van der Waals surface area contributed by atoms with Crippen molar-refractivity contribution < 1.29 is 14.3 Å².